The zero-order chi connectivity index (χ0) is 15.1. The SMILES string of the molecule is OC(CNCc1ccccc1Cl)COc1ccc(Br)cc1. The van der Waals surface area contributed by atoms with Gasteiger partial charge < -0.3 is 15.2 Å². The van der Waals surface area contributed by atoms with Gasteiger partial charge in [0.2, 0.25) is 0 Å². The fourth-order valence-corrected chi connectivity index (χ4v) is 2.26. The number of halogens is 2. The molecule has 0 amide bonds. The largest absolute Gasteiger partial charge is 0.491 e. The number of benzene rings is 2. The molecule has 112 valence electrons. The van der Waals surface area contributed by atoms with E-state index < -0.39 is 6.10 Å². The van der Waals surface area contributed by atoms with E-state index in [1.165, 1.54) is 0 Å². The molecule has 0 radical (unpaired) electrons. The molecule has 3 nitrogen and oxygen atoms in total. The third-order valence-corrected chi connectivity index (χ3v) is 3.81. The van der Waals surface area contributed by atoms with Crippen LogP contribution in [0.3, 0.4) is 0 Å². The lowest BCUT2D eigenvalue weighted by Crippen LogP contribution is -2.31. The summed E-state index contributed by atoms with van der Waals surface area (Å²) in [7, 11) is 0. The first kappa shape index (κ1) is 16.3. The quantitative estimate of drug-likeness (QED) is 0.782. The minimum absolute atomic E-state index is 0.247. The van der Waals surface area contributed by atoms with Gasteiger partial charge in [0.05, 0.1) is 0 Å². The number of rotatable bonds is 7. The molecule has 0 heterocycles. The van der Waals surface area contributed by atoms with Crippen LogP contribution < -0.4 is 10.1 Å². The highest BCUT2D eigenvalue weighted by atomic mass is 79.9. The van der Waals surface area contributed by atoms with Crippen LogP contribution in [0.1, 0.15) is 5.56 Å². The molecule has 0 saturated carbocycles. The molecule has 2 aromatic carbocycles. The van der Waals surface area contributed by atoms with Gasteiger partial charge in [-0.2, -0.15) is 0 Å². The number of hydrogen-bond acceptors (Lipinski definition) is 3. The summed E-state index contributed by atoms with van der Waals surface area (Å²) < 4.78 is 6.51. The summed E-state index contributed by atoms with van der Waals surface area (Å²) >= 11 is 9.42. The van der Waals surface area contributed by atoms with E-state index in [1.54, 1.807) is 0 Å². The Morgan fingerprint density at radius 3 is 2.57 bits per heavy atom. The summed E-state index contributed by atoms with van der Waals surface area (Å²) in [5, 5.41) is 13.8. The van der Waals surface area contributed by atoms with Gasteiger partial charge in [-0.3, -0.25) is 0 Å². The Balaban J connectivity index is 1.69. The molecule has 5 heteroatoms. The van der Waals surface area contributed by atoms with Gasteiger partial charge >= 0.3 is 0 Å². The fourth-order valence-electron chi connectivity index (χ4n) is 1.80. The monoisotopic (exact) mass is 369 g/mol. The molecule has 0 aliphatic carbocycles. The van der Waals surface area contributed by atoms with Crippen LogP contribution >= 0.6 is 27.5 Å². The maximum absolute atomic E-state index is 9.88. The van der Waals surface area contributed by atoms with Gasteiger partial charge in [0.1, 0.15) is 18.5 Å². The zero-order valence-corrected chi connectivity index (χ0v) is 13.8. The third-order valence-electron chi connectivity index (χ3n) is 2.91. The van der Waals surface area contributed by atoms with E-state index in [2.05, 4.69) is 21.2 Å². The van der Waals surface area contributed by atoms with E-state index >= 15 is 0 Å². The van der Waals surface area contributed by atoms with E-state index in [-0.39, 0.29) is 6.61 Å². The Bertz CT molecular complexity index is 562. The lowest BCUT2D eigenvalue weighted by molar-refractivity contribution is 0.106. The van der Waals surface area contributed by atoms with Crippen LogP contribution in [0.25, 0.3) is 0 Å². The molecule has 21 heavy (non-hydrogen) atoms. The number of ether oxygens (including phenoxy) is 1. The summed E-state index contributed by atoms with van der Waals surface area (Å²) in [6.07, 6.45) is -0.573. The highest BCUT2D eigenvalue weighted by molar-refractivity contribution is 9.10. The van der Waals surface area contributed by atoms with Crippen molar-refractivity contribution in [1.29, 1.82) is 0 Å². The zero-order valence-electron chi connectivity index (χ0n) is 11.4. The molecule has 0 spiro atoms. The molecular weight excluding hydrogens is 354 g/mol. The van der Waals surface area contributed by atoms with E-state index in [0.29, 0.717) is 13.1 Å². The molecule has 0 aliphatic heterocycles. The maximum atomic E-state index is 9.88. The van der Waals surface area contributed by atoms with Gasteiger partial charge in [-0.25, -0.2) is 0 Å². The van der Waals surface area contributed by atoms with Crippen LogP contribution in [-0.2, 0) is 6.54 Å². The Labute approximate surface area is 138 Å². The second-order valence-electron chi connectivity index (χ2n) is 4.64. The normalized spacial score (nSPS) is 12.1. The predicted molar refractivity (Wildman–Crippen MR) is 88.8 cm³/mol. The van der Waals surface area contributed by atoms with Crippen LogP contribution in [0.2, 0.25) is 5.02 Å². The standard InChI is InChI=1S/C16H17BrClNO2/c17-13-5-7-15(8-6-13)21-11-14(20)10-19-9-12-3-1-2-4-16(12)18/h1-8,14,19-20H,9-11H2. The fraction of sp³-hybridized carbons (Fsp3) is 0.250. The van der Waals surface area contributed by atoms with Crippen molar-refractivity contribution in [3.8, 4) is 5.75 Å². The van der Waals surface area contributed by atoms with Crippen molar-refractivity contribution in [3.63, 3.8) is 0 Å². The molecule has 0 bridgehead atoms. The van der Waals surface area contributed by atoms with Crippen molar-refractivity contribution in [3.05, 3.63) is 63.6 Å². The summed E-state index contributed by atoms with van der Waals surface area (Å²) in [6.45, 7) is 1.31. The number of hydrogen-bond donors (Lipinski definition) is 2. The first-order valence-electron chi connectivity index (χ1n) is 6.65. The van der Waals surface area contributed by atoms with Crippen molar-refractivity contribution in [2.45, 2.75) is 12.6 Å². The topological polar surface area (TPSA) is 41.5 Å². The maximum Gasteiger partial charge on any atom is 0.119 e. The Hall–Kier alpha value is -1.07. The molecule has 1 unspecified atom stereocenters. The highest BCUT2D eigenvalue weighted by Gasteiger charge is 2.06. The first-order valence-corrected chi connectivity index (χ1v) is 7.83. The summed E-state index contributed by atoms with van der Waals surface area (Å²) in [5.41, 5.74) is 1.01. The van der Waals surface area contributed by atoms with Crippen molar-refractivity contribution in [1.82, 2.24) is 5.32 Å². The molecule has 0 fully saturated rings. The minimum atomic E-state index is -0.573. The predicted octanol–water partition coefficient (Wildman–Crippen LogP) is 3.63. The van der Waals surface area contributed by atoms with E-state index in [1.807, 2.05) is 48.5 Å². The lowest BCUT2D eigenvalue weighted by Gasteiger charge is -2.13. The van der Waals surface area contributed by atoms with Crippen LogP contribution in [0.15, 0.2) is 53.0 Å². The smallest absolute Gasteiger partial charge is 0.119 e. The number of aliphatic hydroxyl groups is 1. The van der Waals surface area contributed by atoms with Gasteiger partial charge in [-0.1, -0.05) is 45.7 Å². The third kappa shape index (κ3) is 5.67. The van der Waals surface area contributed by atoms with Crippen LogP contribution in [0.5, 0.6) is 5.75 Å². The molecule has 1 atom stereocenters. The number of aliphatic hydroxyl groups excluding tert-OH is 1. The second-order valence-corrected chi connectivity index (χ2v) is 5.96. The van der Waals surface area contributed by atoms with Crippen molar-refractivity contribution >= 4 is 27.5 Å². The van der Waals surface area contributed by atoms with E-state index in [4.69, 9.17) is 16.3 Å². The van der Waals surface area contributed by atoms with Gasteiger partial charge in [0.25, 0.3) is 0 Å². The molecule has 2 aromatic rings. The van der Waals surface area contributed by atoms with Crippen LogP contribution in [-0.4, -0.2) is 24.4 Å². The second kappa shape index (κ2) is 8.39. The average Bonchev–Trinajstić information content (AvgIpc) is 2.49. The van der Waals surface area contributed by atoms with Crippen LogP contribution in [0.4, 0.5) is 0 Å². The molecular formula is C16H17BrClNO2. The molecule has 0 aliphatic rings. The molecule has 2 rings (SSSR count). The summed E-state index contributed by atoms with van der Waals surface area (Å²) in [5.74, 6) is 0.739. The number of nitrogens with one attached hydrogen (secondary N) is 1. The van der Waals surface area contributed by atoms with Crippen molar-refractivity contribution < 1.29 is 9.84 Å². The van der Waals surface area contributed by atoms with Gasteiger partial charge in [0, 0.05) is 22.6 Å². The van der Waals surface area contributed by atoms with Gasteiger partial charge in [-0.15, -0.1) is 0 Å². The van der Waals surface area contributed by atoms with E-state index in [0.717, 1.165) is 20.8 Å². The molecule has 0 saturated heterocycles. The summed E-state index contributed by atoms with van der Waals surface area (Å²) in [6, 6.07) is 15.2. The Morgan fingerprint density at radius 1 is 1.14 bits per heavy atom. The minimum Gasteiger partial charge on any atom is -0.491 e. The van der Waals surface area contributed by atoms with Crippen molar-refractivity contribution in [2.75, 3.05) is 13.2 Å². The van der Waals surface area contributed by atoms with Crippen molar-refractivity contribution in [2.24, 2.45) is 0 Å². The Morgan fingerprint density at radius 2 is 1.86 bits per heavy atom. The molecule has 2 N–H and O–H groups in total. The first-order chi connectivity index (χ1) is 10.1. The highest BCUT2D eigenvalue weighted by Crippen LogP contribution is 2.16. The van der Waals surface area contributed by atoms with Gasteiger partial charge in [0.15, 0.2) is 0 Å². The van der Waals surface area contributed by atoms with Crippen LogP contribution in [0, 0.1) is 0 Å². The van der Waals surface area contributed by atoms with E-state index in [9.17, 15) is 5.11 Å². The summed E-state index contributed by atoms with van der Waals surface area (Å²) in [4.78, 5) is 0. The lowest BCUT2D eigenvalue weighted by atomic mass is 10.2. The average molecular weight is 371 g/mol. The molecule has 0 aromatic heterocycles. The Kier molecular flexibility index (Phi) is 6.51. The van der Waals surface area contributed by atoms with Gasteiger partial charge in [-0.05, 0) is 35.9 Å².